The van der Waals surface area contributed by atoms with E-state index in [1.807, 2.05) is 38.2 Å². The minimum atomic E-state index is -0.771. The second kappa shape index (κ2) is 3.84. The molecule has 1 atom stereocenters. The Morgan fingerprint density at radius 3 is 2.89 bits per heavy atom. The lowest BCUT2D eigenvalue weighted by Crippen LogP contribution is -2.43. The molecule has 3 heteroatoms. The van der Waals surface area contributed by atoms with Crippen LogP contribution in [0.15, 0.2) is 30.5 Å². The predicted molar refractivity (Wildman–Crippen MR) is 71.5 cm³/mol. The Hall–Kier alpha value is -1.32. The van der Waals surface area contributed by atoms with Crippen molar-refractivity contribution in [1.82, 2.24) is 4.98 Å². The number of hydrogen-bond acceptors (Lipinski definition) is 2. The van der Waals surface area contributed by atoms with Crippen LogP contribution in [0.3, 0.4) is 0 Å². The summed E-state index contributed by atoms with van der Waals surface area (Å²) in [5, 5.41) is 12.0. The van der Waals surface area contributed by atoms with Crippen LogP contribution in [0.4, 0.5) is 0 Å². The van der Waals surface area contributed by atoms with E-state index >= 15 is 0 Å². The minimum Gasteiger partial charge on any atom is -0.385 e. The number of aromatic nitrogens is 1. The van der Waals surface area contributed by atoms with Gasteiger partial charge in [-0.25, -0.2) is 0 Å². The van der Waals surface area contributed by atoms with E-state index in [9.17, 15) is 5.11 Å². The summed E-state index contributed by atoms with van der Waals surface area (Å²) >= 11 is 0. The molecular formula is C15H19NO2. The lowest BCUT2D eigenvalue weighted by atomic mass is 9.79. The highest BCUT2D eigenvalue weighted by Crippen LogP contribution is 2.39. The van der Waals surface area contributed by atoms with Gasteiger partial charge < -0.3 is 14.8 Å². The fourth-order valence-corrected chi connectivity index (χ4v) is 2.93. The lowest BCUT2D eigenvalue weighted by Gasteiger charge is -2.41. The molecule has 18 heavy (non-hydrogen) atoms. The number of ether oxygens (including phenoxy) is 1. The van der Waals surface area contributed by atoms with E-state index in [0.29, 0.717) is 19.4 Å². The second-order valence-electron chi connectivity index (χ2n) is 5.85. The van der Waals surface area contributed by atoms with E-state index in [-0.39, 0.29) is 5.60 Å². The number of aliphatic hydroxyl groups is 1. The topological polar surface area (TPSA) is 45.2 Å². The van der Waals surface area contributed by atoms with Crippen LogP contribution in [-0.2, 0) is 10.3 Å². The molecule has 1 aromatic carbocycles. The van der Waals surface area contributed by atoms with Crippen molar-refractivity contribution in [3.8, 4) is 0 Å². The van der Waals surface area contributed by atoms with Crippen LogP contribution in [-0.4, -0.2) is 22.3 Å². The summed E-state index contributed by atoms with van der Waals surface area (Å²) in [5.74, 6) is 0. The fraction of sp³-hybridized carbons (Fsp3) is 0.467. The van der Waals surface area contributed by atoms with Crippen molar-refractivity contribution in [2.45, 2.75) is 37.9 Å². The van der Waals surface area contributed by atoms with E-state index in [2.05, 4.69) is 11.1 Å². The minimum absolute atomic E-state index is 0.264. The van der Waals surface area contributed by atoms with Crippen molar-refractivity contribution in [2.75, 3.05) is 6.61 Å². The molecule has 1 aromatic heterocycles. The van der Waals surface area contributed by atoms with Gasteiger partial charge in [0.1, 0.15) is 0 Å². The van der Waals surface area contributed by atoms with E-state index < -0.39 is 5.60 Å². The van der Waals surface area contributed by atoms with Crippen LogP contribution >= 0.6 is 0 Å². The third-order valence-electron chi connectivity index (χ3n) is 3.82. The summed E-state index contributed by atoms with van der Waals surface area (Å²) in [7, 11) is 0. The zero-order valence-electron chi connectivity index (χ0n) is 10.9. The standard InChI is InChI=1S/C15H19NO2/c1-14(2)10-15(17,6-8-18-14)12-3-4-13-11(9-12)5-7-16-13/h3-5,7,9,16-17H,6,8,10H2,1-2H3. The maximum Gasteiger partial charge on any atom is 0.0945 e. The van der Waals surface area contributed by atoms with Gasteiger partial charge in [-0.1, -0.05) is 6.07 Å². The molecule has 0 bridgehead atoms. The molecule has 0 amide bonds. The van der Waals surface area contributed by atoms with Crippen LogP contribution in [0, 0.1) is 0 Å². The van der Waals surface area contributed by atoms with Crippen LogP contribution in [0.1, 0.15) is 32.3 Å². The fourth-order valence-electron chi connectivity index (χ4n) is 2.93. The Bertz CT molecular complexity index is 573. The Morgan fingerprint density at radius 2 is 2.11 bits per heavy atom. The molecule has 1 aliphatic rings. The van der Waals surface area contributed by atoms with Gasteiger partial charge >= 0.3 is 0 Å². The maximum absolute atomic E-state index is 10.9. The first-order chi connectivity index (χ1) is 8.49. The number of fused-ring (bicyclic) bond motifs is 1. The van der Waals surface area contributed by atoms with Gasteiger partial charge in [-0.05, 0) is 43.0 Å². The molecule has 1 aliphatic heterocycles. The first kappa shape index (κ1) is 11.8. The third-order valence-corrected chi connectivity index (χ3v) is 3.82. The summed E-state index contributed by atoms with van der Waals surface area (Å²) in [4.78, 5) is 3.17. The first-order valence-corrected chi connectivity index (χ1v) is 6.43. The zero-order valence-corrected chi connectivity index (χ0v) is 10.9. The SMILES string of the molecule is CC1(C)CC(O)(c2ccc3[nH]ccc3c2)CCO1. The van der Waals surface area contributed by atoms with Gasteiger partial charge in [0.15, 0.2) is 0 Å². The number of benzene rings is 1. The van der Waals surface area contributed by atoms with Crippen molar-refractivity contribution in [2.24, 2.45) is 0 Å². The van der Waals surface area contributed by atoms with Crippen LogP contribution in [0.25, 0.3) is 10.9 Å². The van der Waals surface area contributed by atoms with E-state index in [0.717, 1.165) is 16.5 Å². The van der Waals surface area contributed by atoms with Crippen LogP contribution in [0.2, 0.25) is 0 Å². The average molecular weight is 245 g/mol. The van der Waals surface area contributed by atoms with Crippen molar-refractivity contribution in [3.05, 3.63) is 36.0 Å². The number of aromatic amines is 1. The average Bonchev–Trinajstić information content (AvgIpc) is 2.73. The molecule has 0 saturated carbocycles. The van der Waals surface area contributed by atoms with Gasteiger partial charge in [0.05, 0.1) is 17.8 Å². The largest absolute Gasteiger partial charge is 0.385 e. The maximum atomic E-state index is 10.9. The van der Waals surface area contributed by atoms with Crippen LogP contribution in [0.5, 0.6) is 0 Å². The second-order valence-corrected chi connectivity index (χ2v) is 5.85. The smallest absolute Gasteiger partial charge is 0.0945 e. The highest BCUT2D eigenvalue weighted by atomic mass is 16.5. The molecule has 1 saturated heterocycles. The van der Waals surface area contributed by atoms with Gasteiger partial charge in [-0.3, -0.25) is 0 Å². The molecule has 96 valence electrons. The van der Waals surface area contributed by atoms with Crippen molar-refractivity contribution in [3.63, 3.8) is 0 Å². The quantitative estimate of drug-likeness (QED) is 0.811. The van der Waals surface area contributed by atoms with E-state index in [1.165, 1.54) is 0 Å². The summed E-state index contributed by atoms with van der Waals surface area (Å²) in [6.45, 7) is 4.67. The third kappa shape index (κ3) is 1.93. The van der Waals surface area contributed by atoms with Gasteiger partial charge in [-0.2, -0.15) is 0 Å². The Labute approximate surface area is 107 Å². The molecule has 2 aromatic rings. The molecule has 0 radical (unpaired) electrons. The van der Waals surface area contributed by atoms with E-state index in [1.54, 1.807) is 0 Å². The Kier molecular flexibility index (Phi) is 2.50. The van der Waals surface area contributed by atoms with Crippen molar-refractivity contribution < 1.29 is 9.84 Å². The molecule has 1 unspecified atom stereocenters. The van der Waals surface area contributed by atoms with E-state index in [4.69, 9.17) is 4.74 Å². The molecule has 0 spiro atoms. The summed E-state index contributed by atoms with van der Waals surface area (Å²) in [6, 6.07) is 8.16. The molecule has 3 rings (SSSR count). The number of H-pyrrole nitrogens is 1. The zero-order chi connectivity index (χ0) is 12.8. The lowest BCUT2D eigenvalue weighted by molar-refractivity contribution is -0.148. The van der Waals surface area contributed by atoms with Crippen molar-refractivity contribution >= 4 is 10.9 Å². The van der Waals surface area contributed by atoms with Gasteiger partial charge in [-0.15, -0.1) is 0 Å². The molecule has 0 aliphatic carbocycles. The molecule has 2 heterocycles. The van der Waals surface area contributed by atoms with Crippen LogP contribution < -0.4 is 0 Å². The molecule has 2 N–H and O–H groups in total. The molecular weight excluding hydrogens is 226 g/mol. The number of rotatable bonds is 1. The van der Waals surface area contributed by atoms with Gasteiger partial charge in [0.2, 0.25) is 0 Å². The molecule has 1 fully saturated rings. The predicted octanol–water partition coefficient (Wildman–Crippen LogP) is 2.94. The number of nitrogens with one attached hydrogen (secondary N) is 1. The van der Waals surface area contributed by atoms with Gasteiger partial charge in [0.25, 0.3) is 0 Å². The highest BCUT2D eigenvalue weighted by molar-refractivity contribution is 5.80. The first-order valence-electron chi connectivity index (χ1n) is 6.43. The Balaban J connectivity index is 2.01. The molecule has 3 nitrogen and oxygen atoms in total. The summed E-state index contributed by atoms with van der Waals surface area (Å²) < 4.78 is 5.69. The Morgan fingerprint density at radius 1 is 1.28 bits per heavy atom. The number of hydrogen-bond donors (Lipinski definition) is 2. The normalized spacial score (nSPS) is 27.5. The highest BCUT2D eigenvalue weighted by Gasteiger charge is 2.40. The monoisotopic (exact) mass is 245 g/mol. The summed E-state index contributed by atoms with van der Waals surface area (Å²) in [5.41, 5.74) is 1.06. The van der Waals surface area contributed by atoms with Gasteiger partial charge in [0, 0.05) is 24.6 Å². The van der Waals surface area contributed by atoms with Crippen molar-refractivity contribution in [1.29, 1.82) is 0 Å². The summed E-state index contributed by atoms with van der Waals surface area (Å²) in [6.07, 6.45) is 3.22.